The number of rotatable bonds is 2. The minimum Gasteiger partial charge on any atom is -0.356 e. The number of ether oxygens (including phenoxy) is 1. The van der Waals surface area contributed by atoms with Crippen molar-refractivity contribution in [1.29, 1.82) is 0 Å². The molecule has 1 fully saturated rings. The first-order valence-corrected chi connectivity index (χ1v) is 6.35. The van der Waals surface area contributed by atoms with Crippen LogP contribution in [-0.2, 0) is 4.74 Å². The molecule has 0 amide bonds. The standard InChI is InChI=1S/C14H16N2O2/c1-10-12-8-11(9-17)5-6-13(12)16(15-10)14-4-2-3-7-18-14/h5-6,8-9,14H,2-4,7H2,1H3. The number of carbonyl (C=O) groups is 1. The Morgan fingerprint density at radius 3 is 3.06 bits per heavy atom. The van der Waals surface area contributed by atoms with Crippen molar-refractivity contribution in [1.82, 2.24) is 9.78 Å². The summed E-state index contributed by atoms with van der Waals surface area (Å²) in [6.07, 6.45) is 4.22. The Bertz CT molecular complexity index is 583. The molecule has 0 bridgehead atoms. The normalized spacial score (nSPS) is 20.2. The summed E-state index contributed by atoms with van der Waals surface area (Å²) in [6.45, 7) is 2.77. The third-order valence-corrected chi connectivity index (χ3v) is 3.48. The molecule has 1 saturated heterocycles. The van der Waals surface area contributed by atoms with Crippen molar-refractivity contribution in [3.05, 3.63) is 29.5 Å². The second-order valence-electron chi connectivity index (χ2n) is 4.75. The highest BCUT2D eigenvalue weighted by Gasteiger charge is 2.19. The number of carbonyl (C=O) groups excluding carboxylic acids is 1. The van der Waals surface area contributed by atoms with E-state index in [0.29, 0.717) is 5.56 Å². The van der Waals surface area contributed by atoms with Crippen LogP contribution < -0.4 is 0 Å². The number of hydrogen-bond donors (Lipinski definition) is 0. The number of hydrogen-bond acceptors (Lipinski definition) is 3. The van der Waals surface area contributed by atoms with Crippen LogP contribution in [0.25, 0.3) is 10.9 Å². The van der Waals surface area contributed by atoms with Gasteiger partial charge >= 0.3 is 0 Å². The largest absolute Gasteiger partial charge is 0.356 e. The SMILES string of the molecule is Cc1nn(C2CCCCO2)c2ccc(C=O)cc12. The highest BCUT2D eigenvalue weighted by atomic mass is 16.5. The zero-order chi connectivity index (χ0) is 12.5. The highest BCUT2D eigenvalue weighted by Crippen LogP contribution is 2.28. The summed E-state index contributed by atoms with van der Waals surface area (Å²) in [7, 11) is 0. The fourth-order valence-corrected chi connectivity index (χ4v) is 2.52. The predicted octanol–water partition coefficient (Wildman–Crippen LogP) is 2.86. The van der Waals surface area contributed by atoms with E-state index in [1.807, 2.05) is 29.8 Å². The van der Waals surface area contributed by atoms with Crippen LogP contribution >= 0.6 is 0 Å². The molecule has 94 valence electrons. The summed E-state index contributed by atoms with van der Waals surface area (Å²) in [4.78, 5) is 10.8. The number of fused-ring (bicyclic) bond motifs is 1. The molecule has 0 saturated carbocycles. The summed E-state index contributed by atoms with van der Waals surface area (Å²) < 4.78 is 7.73. The predicted molar refractivity (Wildman–Crippen MR) is 68.7 cm³/mol. The summed E-state index contributed by atoms with van der Waals surface area (Å²) in [5.74, 6) is 0. The highest BCUT2D eigenvalue weighted by molar-refractivity contribution is 5.88. The smallest absolute Gasteiger partial charge is 0.150 e. The van der Waals surface area contributed by atoms with Crippen molar-refractivity contribution in [2.45, 2.75) is 32.4 Å². The molecule has 0 aliphatic carbocycles. The Labute approximate surface area is 106 Å². The topological polar surface area (TPSA) is 44.1 Å². The summed E-state index contributed by atoms with van der Waals surface area (Å²) in [5.41, 5.74) is 2.68. The van der Waals surface area contributed by atoms with E-state index >= 15 is 0 Å². The van der Waals surface area contributed by atoms with Crippen LogP contribution in [0.15, 0.2) is 18.2 Å². The van der Waals surface area contributed by atoms with Crippen LogP contribution in [0.1, 0.15) is 41.5 Å². The molecule has 4 heteroatoms. The van der Waals surface area contributed by atoms with Crippen molar-refractivity contribution in [2.75, 3.05) is 6.61 Å². The van der Waals surface area contributed by atoms with Gasteiger partial charge in [-0.15, -0.1) is 0 Å². The molecular formula is C14H16N2O2. The van der Waals surface area contributed by atoms with Crippen LogP contribution in [0.2, 0.25) is 0 Å². The number of aryl methyl sites for hydroxylation is 1. The van der Waals surface area contributed by atoms with Gasteiger partial charge in [-0.1, -0.05) is 0 Å². The maximum atomic E-state index is 10.8. The average Bonchev–Trinajstić information content (AvgIpc) is 2.77. The van der Waals surface area contributed by atoms with Gasteiger partial charge in [-0.05, 0) is 44.4 Å². The van der Waals surface area contributed by atoms with Gasteiger partial charge in [0.1, 0.15) is 6.29 Å². The second-order valence-corrected chi connectivity index (χ2v) is 4.75. The molecule has 2 aromatic rings. The van der Waals surface area contributed by atoms with E-state index in [0.717, 1.165) is 42.3 Å². The molecule has 4 nitrogen and oxygen atoms in total. The quantitative estimate of drug-likeness (QED) is 0.763. The Balaban J connectivity index is 2.09. The molecular weight excluding hydrogens is 228 g/mol. The third kappa shape index (κ3) is 1.82. The molecule has 1 unspecified atom stereocenters. The molecule has 1 aromatic heterocycles. The van der Waals surface area contributed by atoms with Gasteiger partial charge in [0.15, 0.2) is 6.23 Å². The molecule has 1 aromatic carbocycles. The van der Waals surface area contributed by atoms with Gasteiger partial charge in [-0.25, -0.2) is 4.68 Å². The first-order chi connectivity index (χ1) is 8.79. The summed E-state index contributed by atoms with van der Waals surface area (Å²) in [5, 5.41) is 5.60. The lowest BCUT2D eigenvalue weighted by Crippen LogP contribution is -2.19. The van der Waals surface area contributed by atoms with E-state index in [4.69, 9.17) is 4.74 Å². The molecule has 1 aliphatic rings. The van der Waals surface area contributed by atoms with Gasteiger partial charge in [-0.2, -0.15) is 5.10 Å². The molecule has 0 radical (unpaired) electrons. The first kappa shape index (κ1) is 11.4. The van der Waals surface area contributed by atoms with Crippen molar-refractivity contribution >= 4 is 17.2 Å². The fraction of sp³-hybridized carbons (Fsp3) is 0.429. The number of nitrogens with zero attached hydrogens (tertiary/aromatic N) is 2. The Hall–Kier alpha value is -1.68. The zero-order valence-electron chi connectivity index (χ0n) is 10.4. The van der Waals surface area contributed by atoms with Crippen LogP contribution in [0.5, 0.6) is 0 Å². The van der Waals surface area contributed by atoms with Gasteiger partial charge in [0.25, 0.3) is 0 Å². The molecule has 1 atom stereocenters. The second kappa shape index (κ2) is 4.53. The van der Waals surface area contributed by atoms with E-state index in [1.54, 1.807) is 0 Å². The molecule has 18 heavy (non-hydrogen) atoms. The Kier molecular flexibility index (Phi) is 2.88. The van der Waals surface area contributed by atoms with Crippen LogP contribution in [-0.4, -0.2) is 22.7 Å². The Morgan fingerprint density at radius 1 is 1.44 bits per heavy atom. The lowest BCUT2D eigenvalue weighted by molar-refractivity contribution is -0.0368. The van der Waals surface area contributed by atoms with E-state index in [1.165, 1.54) is 6.42 Å². The average molecular weight is 244 g/mol. The monoisotopic (exact) mass is 244 g/mol. The van der Waals surface area contributed by atoms with E-state index in [2.05, 4.69) is 5.10 Å². The number of aldehydes is 1. The fourth-order valence-electron chi connectivity index (χ4n) is 2.52. The molecule has 2 heterocycles. The number of aromatic nitrogens is 2. The molecule has 0 N–H and O–H groups in total. The van der Waals surface area contributed by atoms with Gasteiger partial charge in [0, 0.05) is 17.6 Å². The first-order valence-electron chi connectivity index (χ1n) is 6.35. The molecule has 0 spiro atoms. The molecule has 3 rings (SSSR count). The van der Waals surface area contributed by atoms with Crippen LogP contribution in [0.3, 0.4) is 0 Å². The zero-order valence-corrected chi connectivity index (χ0v) is 10.4. The maximum Gasteiger partial charge on any atom is 0.150 e. The van der Waals surface area contributed by atoms with Crippen molar-refractivity contribution in [3.8, 4) is 0 Å². The minimum absolute atomic E-state index is 0.0389. The van der Waals surface area contributed by atoms with Gasteiger partial charge in [-0.3, -0.25) is 4.79 Å². The lowest BCUT2D eigenvalue weighted by atomic mass is 10.1. The van der Waals surface area contributed by atoms with Crippen molar-refractivity contribution in [2.24, 2.45) is 0 Å². The van der Waals surface area contributed by atoms with E-state index in [9.17, 15) is 4.79 Å². The summed E-state index contributed by atoms with van der Waals surface area (Å²) in [6, 6.07) is 5.68. The molecule has 1 aliphatic heterocycles. The van der Waals surface area contributed by atoms with Gasteiger partial charge < -0.3 is 4.74 Å². The summed E-state index contributed by atoms with van der Waals surface area (Å²) >= 11 is 0. The maximum absolute atomic E-state index is 10.8. The van der Waals surface area contributed by atoms with Gasteiger partial charge in [0.05, 0.1) is 11.2 Å². The van der Waals surface area contributed by atoms with Crippen LogP contribution in [0, 0.1) is 6.92 Å². The van der Waals surface area contributed by atoms with Crippen molar-refractivity contribution < 1.29 is 9.53 Å². The van der Waals surface area contributed by atoms with E-state index in [-0.39, 0.29) is 6.23 Å². The number of benzene rings is 1. The third-order valence-electron chi connectivity index (χ3n) is 3.48. The lowest BCUT2D eigenvalue weighted by Gasteiger charge is -2.23. The Morgan fingerprint density at radius 2 is 2.33 bits per heavy atom. The minimum atomic E-state index is 0.0389. The van der Waals surface area contributed by atoms with Crippen molar-refractivity contribution in [3.63, 3.8) is 0 Å². The van der Waals surface area contributed by atoms with Crippen LogP contribution in [0.4, 0.5) is 0 Å². The van der Waals surface area contributed by atoms with Gasteiger partial charge in [0.2, 0.25) is 0 Å². The van der Waals surface area contributed by atoms with E-state index < -0.39 is 0 Å².